The smallest absolute Gasteiger partial charge is 0.328 e. The molecule has 1 atom stereocenters. The number of carbonyl (C=O) groups is 2. The standard InChI is InChI=1S/C17H19IN4O5/c1-10-7-22(17(27)21-15(10)25)8-14(24)20-13(9-23)16(26)19-6-11-3-2-4-12(18)5-11/h2-5,7,13,23H,6,8-9H2,1H3,(H,19,26)(H,20,24)(H,21,25,27)/t13-/m0/s1. The van der Waals surface area contributed by atoms with Crippen molar-refractivity contribution in [3.8, 4) is 0 Å². The second-order valence-electron chi connectivity index (χ2n) is 5.85. The minimum atomic E-state index is -1.15. The number of nitrogens with one attached hydrogen (secondary N) is 3. The Bertz CT molecular complexity index is 953. The van der Waals surface area contributed by atoms with Crippen LogP contribution in [0.3, 0.4) is 0 Å². The molecule has 0 aliphatic carbocycles. The lowest BCUT2D eigenvalue weighted by molar-refractivity contribution is -0.130. The van der Waals surface area contributed by atoms with Gasteiger partial charge in [0.05, 0.1) is 6.61 Å². The minimum Gasteiger partial charge on any atom is -0.394 e. The number of amides is 2. The quantitative estimate of drug-likeness (QED) is 0.382. The molecule has 0 aliphatic rings. The van der Waals surface area contributed by atoms with Gasteiger partial charge in [-0.15, -0.1) is 0 Å². The number of nitrogens with zero attached hydrogens (tertiary/aromatic N) is 1. The first-order valence-corrected chi connectivity index (χ1v) is 9.10. The third-order valence-electron chi connectivity index (χ3n) is 3.69. The van der Waals surface area contributed by atoms with Gasteiger partial charge in [-0.3, -0.25) is 23.9 Å². The van der Waals surface area contributed by atoms with Gasteiger partial charge in [-0.2, -0.15) is 0 Å². The Balaban J connectivity index is 1.96. The maximum Gasteiger partial charge on any atom is 0.328 e. The summed E-state index contributed by atoms with van der Waals surface area (Å²) in [6.45, 7) is 0.766. The number of rotatable bonds is 7. The largest absolute Gasteiger partial charge is 0.394 e. The first-order chi connectivity index (χ1) is 12.8. The summed E-state index contributed by atoms with van der Waals surface area (Å²) in [5.74, 6) is -1.19. The van der Waals surface area contributed by atoms with Gasteiger partial charge in [0, 0.05) is 21.9 Å². The van der Waals surface area contributed by atoms with Crippen molar-refractivity contribution in [2.45, 2.75) is 26.1 Å². The lowest BCUT2D eigenvalue weighted by Crippen LogP contribution is -2.50. The molecule has 144 valence electrons. The van der Waals surface area contributed by atoms with Crippen LogP contribution in [0.25, 0.3) is 0 Å². The van der Waals surface area contributed by atoms with Gasteiger partial charge in [-0.1, -0.05) is 12.1 Å². The van der Waals surface area contributed by atoms with Crippen molar-refractivity contribution in [2.24, 2.45) is 0 Å². The van der Waals surface area contributed by atoms with Crippen molar-refractivity contribution in [3.63, 3.8) is 0 Å². The highest BCUT2D eigenvalue weighted by atomic mass is 127. The first-order valence-electron chi connectivity index (χ1n) is 8.03. The Morgan fingerprint density at radius 1 is 1.33 bits per heavy atom. The molecule has 10 heteroatoms. The Labute approximate surface area is 167 Å². The molecule has 0 bridgehead atoms. The van der Waals surface area contributed by atoms with Crippen molar-refractivity contribution < 1.29 is 14.7 Å². The zero-order valence-electron chi connectivity index (χ0n) is 14.5. The van der Waals surface area contributed by atoms with Crippen LogP contribution in [0.5, 0.6) is 0 Å². The van der Waals surface area contributed by atoms with Crippen LogP contribution in [0.1, 0.15) is 11.1 Å². The Hall–Kier alpha value is -2.47. The number of aromatic amines is 1. The van der Waals surface area contributed by atoms with Crippen LogP contribution in [0.2, 0.25) is 0 Å². The predicted molar refractivity (Wildman–Crippen MR) is 106 cm³/mol. The van der Waals surface area contributed by atoms with Crippen LogP contribution < -0.4 is 21.9 Å². The van der Waals surface area contributed by atoms with E-state index in [0.717, 1.165) is 13.7 Å². The van der Waals surface area contributed by atoms with Crippen LogP contribution in [-0.4, -0.2) is 39.1 Å². The second kappa shape index (κ2) is 9.46. The van der Waals surface area contributed by atoms with E-state index in [2.05, 4.69) is 38.2 Å². The average molecular weight is 486 g/mol. The topological polar surface area (TPSA) is 133 Å². The number of aromatic nitrogens is 2. The fourth-order valence-corrected chi connectivity index (χ4v) is 2.89. The molecular weight excluding hydrogens is 467 g/mol. The zero-order valence-corrected chi connectivity index (χ0v) is 16.6. The number of hydrogen-bond donors (Lipinski definition) is 4. The van der Waals surface area contributed by atoms with E-state index < -0.39 is 42.3 Å². The van der Waals surface area contributed by atoms with E-state index in [-0.39, 0.29) is 12.1 Å². The van der Waals surface area contributed by atoms with Crippen LogP contribution in [0.15, 0.2) is 40.1 Å². The summed E-state index contributed by atoms with van der Waals surface area (Å²) < 4.78 is 2.04. The van der Waals surface area contributed by atoms with Gasteiger partial charge in [0.1, 0.15) is 12.6 Å². The molecule has 27 heavy (non-hydrogen) atoms. The molecule has 2 rings (SSSR count). The van der Waals surface area contributed by atoms with Crippen molar-refractivity contribution >= 4 is 34.4 Å². The number of carbonyl (C=O) groups excluding carboxylic acids is 2. The molecule has 0 spiro atoms. The SMILES string of the molecule is Cc1cn(CC(=O)N[C@@H](CO)C(=O)NCc2cccc(I)c2)c(=O)[nH]c1=O. The zero-order chi connectivity index (χ0) is 20.0. The van der Waals surface area contributed by atoms with E-state index >= 15 is 0 Å². The summed E-state index contributed by atoms with van der Waals surface area (Å²) in [4.78, 5) is 49.4. The summed E-state index contributed by atoms with van der Waals surface area (Å²) in [5, 5.41) is 14.4. The molecule has 2 aromatic rings. The van der Waals surface area contributed by atoms with Gasteiger partial charge in [0.15, 0.2) is 0 Å². The van der Waals surface area contributed by atoms with Crippen molar-refractivity contribution in [1.29, 1.82) is 0 Å². The average Bonchev–Trinajstić information content (AvgIpc) is 2.62. The van der Waals surface area contributed by atoms with Crippen molar-refractivity contribution in [2.75, 3.05) is 6.61 Å². The van der Waals surface area contributed by atoms with Gasteiger partial charge < -0.3 is 15.7 Å². The van der Waals surface area contributed by atoms with Crippen LogP contribution in [0.4, 0.5) is 0 Å². The Kier molecular flexibility index (Phi) is 7.30. The fourth-order valence-electron chi connectivity index (χ4n) is 2.28. The molecule has 0 fully saturated rings. The van der Waals surface area contributed by atoms with Gasteiger partial charge >= 0.3 is 5.69 Å². The number of halogens is 1. The Morgan fingerprint density at radius 2 is 2.07 bits per heavy atom. The van der Waals surface area contributed by atoms with Gasteiger partial charge in [0.25, 0.3) is 5.56 Å². The number of aliphatic hydroxyl groups excluding tert-OH is 1. The van der Waals surface area contributed by atoms with Crippen LogP contribution in [-0.2, 0) is 22.7 Å². The number of aliphatic hydroxyl groups is 1. The highest BCUT2D eigenvalue weighted by Gasteiger charge is 2.20. The number of H-pyrrole nitrogens is 1. The summed E-state index contributed by atoms with van der Waals surface area (Å²) in [6, 6.07) is 6.37. The molecule has 2 amide bonds. The molecule has 0 unspecified atom stereocenters. The number of benzene rings is 1. The number of aryl methyl sites for hydroxylation is 1. The third kappa shape index (κ3) is 6.03. The highest BCUT2D eigenvalue weighted by molar-refractivity contribution is 14.1. The molecule has 0 aliphatic heterocycles. The molecule has 1 aromatic carbocycles. The van der Waals surface area contributed by atoms with Crippen LogP contribution in [0, 0.1) is 10.5 Å². The fraction of sp³-hybridized carbons (Fsp3) is 0.294. The van der Waals surface area contributed by atoms with E-state index in [0.29, 0.717) is 0 Å². The lowest BCUT2D eigenvalue weighted by atomic mass is 10.2. The van der Waals surface area contributed by atoms with Crippen LogP contribution >= 0.6 is 22.6 Å². The highest BCUT2D eigenvalue weighted by Crippen LogP contribution is 2.07. The van der Waals surface area contributed by atoms with Crippen molar-refractivity contribution in [1.82, 2.24) is 20.2 Å². The summed E-state index contributed by atoms with van der Waals surface area (Å²) in [7, 11) is 0. The molecule has 0 radical (unpaired) electrons. The van der Waals surface area contributed by atoms with Gasteiger partial charge in [-0.05, 0) is 47.2 Å². The van der Waals surface area contributed by atoms with E-state index in [1.807, 2.05) is 24.3 Å². The second-order valence-corrected chi connectivity index (χ2v) is 7.10. The normalized spacial score (nSPS) is 11.7. The molecule has 1 heterocycles. The molecule has 0 saturated heterocycles. The minimum absolute atomic E-state index is 0.251. The molecule has 4 N–H and O–H groups in total. The summed E-state index contributed by atoms with van der Waals surface area (Å²) in [6.07, 6.45) is 1.26. The first kappa shape index (κ1) is 20.8. The monoisotopic (exact) mass is 486 g/mol. The molecule has 9 nitrogen and oxygen atoms in total. The maximum absolute atomic E-state index is 12.2. The summed E-state index contributed by atoms with van der Waals surface area (Å²) >= 11 is 2.16. The van der Waals surface area contributed by atoms with E-state index in [9.17, 15) is 24.3 Å². The Morgan fingerprint density at radius 3 is 2.74 bits per heavy atom. The van der Waals surface area contributed by atoms with Gasteiger partial charge in [-0.25, -0.2) is 4.79 Å². The summed E-state index contributed by atoms with van der Waals surface area (Å²) in [5.41, 5.74) is -0.103. The van der Waals surface area contributed by atoms with E-state index in [1.54, 1.807) is 0 Å². The molecule has 1 aromatic heterocycles. The number of hydrogen-bond acceptors (Lipinski definition) is 5. The van der Waals surface area contributed by atoms with E-state index in [1.165, 1.54) is 13.1 Å². The van der Waals surface area contributed by atoms with E-state index in [4.69, 9.17) is 0 Å². The van der Waals surface area contributed by atoms with Gasteiger partial charge in [0.2, 0.25) is 11.8 Å². The van der Waals surface area contributed by atoms with Crippen molar-refractivity contribution in [3.05, 3.63) is 66.0 Å². The molecule has 0 saturated carbocycles. The predicted octanol–water partition coefficient (Wildman–Crippen LogP) is -0.757. The third-order valence-corrected chi connectivity index (χ3v) is 4.36. The lowest BCUT2D eigenvalue weighted by Gasteiger charge is -2.17. The molecular formula is C17H19IN4O5. The maximum atomic E-state index is 12.2.